The zero-order valence-corrected chi connectivity index (χ0v) is 6.56. The third-order valence-corrected chi connectivity index (χ3v) is 1.91. The molecule has 1 unspecified atom stereocenters. The van der Waals surface area contributed by atoms with E-state index in [9.17, 15) is 0 Å². The lowest BCUT2D eigenvalue weighted by atomic mass is 10.1. The van der Waals surface area contributed by atoms with E-state index in [1.165, 1.54) is 0 Å². The molecule has 1 atom stereocenters. The Morgan fingerprint density at radius 2 is 2.50 bits per heavy atom. The Morgan fingerprint density at radius 1 is 1.58 bits per heavy atom. The van der Waals surface area contributed by atoms with Crippen molar-refractivity contribution in [1.29, 1.82) is 0 Å². The van der Waals surface area contributed by atoms with E-state index in [1.807, 2.05) is 0 Å². The summed E-state index contributed by atoms with van der Waals surface area (Å²) in [5.74, 6) is 1.17. The second kappa shape index (κ2) is 3.20. The molecule has 1 aromatic heterocycles. The number of ether oxygens (including phenoxy) is 1. The lowest BCUT2D eigenvalue weighted by molar-refractivity contribution is 0.192. The van der Waals surface area contributed by atoms with Crippen LogP contribution in [-0.2, 0) is 11.3 Å². The van der Waals surface area contributed by atoms with Gasteiger partial charge in [-0.2, -0.15) is 4.98 Å². The summed E-state index contributed by atoms with van der Waals surface area (Å²) in [6.07, 6.45) is 0.935. The molecule has 1 fully saturated rings. The lowest BCUT2D eigenvalue weighted by Crippen LogP contribution is -1.99. The van der Waals surface area contributed by atoms with Gasteiger partial charge in [-0.3, -0.25) is 0 Å². The molecule has 1 aliphatic rings. The van der Waals surface area contributed by atoms with Crippen LogP contribution >= 0.6 is 0 Å². The van der Waals surface area contributed by atoms with Crippen molar-refractivity contribution in [3.05, 3.63) is 11.7 Å². The largest absolute Gasteiger partial charge is 0.387 e. The monoisotopic (exact) mass is 170 g/mol. The molecule has 5 heteroatoms. The maximum absolute atomic E-state index is 8.67. The first-order chi connectivity index (χ1) is 5.90. The van der Waals surface area contributed by atoms with Gasteiger partial charge in [0.15, 0.2) is 5.82 Å². The fourth-order valence-electron chi connectivity index (χ4n) is 1.24. The maximum atomic E-state index is 8.67. The van der Waals surface area contributed by atoms with Crippen LogP contribution in [0.25, 0.3) is 0 Å². The van der Waals surface area contributed by atoms with Gasteiger partial charge >= 0.3 is 0 Å². The number of aromatic nitrogens is 2. The molecule has 1 N–H and O–H groups in total. The van der Waals surface area contributed by atoms with E-state index >= 15 is 0 Å². The van der Waals surface area contributed by atoms with E-state index in [1.54, 1.807) is 0 Å². The SMILES string of the molecule is OCc1nc(C2CCOC2)no1. The second-order valence-corrected chi connectivity index (χ2v) is 2.76. The van der Waals surface area contributed by atoms with Crippen LogP contribution in [-0.4, -0.2) is 28.5 Å². The van der Waals surface area contributed by atoms with Crippen LogP contribution < -0.4 is 0 Å². The molecule has 1 aliphatic heterocycles. The van der Waals surface area contributed by atoms with Crippen molar-refractivity contribution >= 4 is 0 Å². The van der Waals surface area contributed by atoms with Crippen LogP contribution in [0.4, 0.5) is 0 Å². The maximum Gasteiger partial charge on any atom is 0.252 e. The molecular weight excluding hydrogens is 160 g/mol. The lowest BCUT2D eigenvalue weighted by Gasteiger charge is -1.97. The minimum atomic E-state index is -0.194. The summed E-state index contributed by atoms with van der Waals surface area (Å²) in [4.78, 5) is 4.00. The molecule has 5 nitrogen and oxygen atoms in total. The quantitative estimate of drug-likeness (QED) is 0.680. The summed E-state index contributed by atoms with van der Waals surface area (Å²) in [5.41, 5.74) is 0. The Balaban J connectivity index is 2.11. The summed E-state index contributed by atoms with van der Waals surface area (Å²) >= 11 is 0. The normalized spacial score (nSPS) is 23.2. The van der Waals surface area contributed by atoms with Crippen molar-refractivity contribution in [1.82, 2.24) is 10.1 Å². The first-order valence-electron chi connectivity index (χ1n) is 3.91. The van der Waals surface area contributed by atoms with Crippen LogP contribution in [0, 0.1) is 0 Å². The van der Waals surface area contributed by atoms with Crippen molar-refractivity contribution in [3.63, 3.8) is 0 Å². The highest BCUT2D eigenvalue weighted by molar-refractivity contribution is 4.96. The molecule has 1 aromatic rings. The third-order valence-electron chi connectivity index (χ3n) is 1.91. The summed E-state index contributed by atoms with van der Waals surface area (Å²) in [6.45, 7) is 1.22. The molecule has 0 bridgehead atoms. The number of hydrogen-bond acceptors (Lipinski definition) is 5. The van der Waals surface area contributed by atoms with Crippen LogP contribution in [0.3, 0.4) is 0 Å². The zero-order valence-electron chi connectivity index (χ0n) is 6.56. The molecule has 0 amide bonds. The summed E-state index contributed by atoms with van der Waals surface area (Å²) in [6, 6.07) is 0. The average Bonchev–Trinajstić information content (AvgIpc) is 2.75. The van der Waals surface area contributed by atoms with Gasteiger partial charge in [0.25, 0.3) is 5.89 Å². The van der Waals surface area contributed by atoms with E-state index in [0.717, 1.165) is 13.0 Å². The Morgan fingerprint density at radius 3 is 3.08 bits per heavy atom. The number of rotatable bonds is 2. The van der Waals surface area contributed by atoms with E-state index < -0.39 is 0 Å². The fourth-order valence-corrected chi connectivity index (χ4v) is 1.24. The van der Waals surface area contributed by atoms with Gasteiger partial charge in [-0.25, -0.2) is 0 Å². The smallest absolute Gasteiger partial charge is 0.252 e. The van der Waals surface area contributed by atoms with Crippen molar-refractivity contribution < 1.29 is 14.4 Å². The predicted molar refractivity (Wildman–Crippen MR) is 38.4 cm³/mol. The number of hydrogen-bond donors (Lipinski definition) is 1. The van der Waals surface area contributed by atoms with E-state index in [4.69, 9.17) is 14.4 Å². The number of nitrogens with zero attached hydrogens (tertiary/aromatic N) is 2. The van der Waals surface area contributed by atoms with Crippen molar-refractivity contribution in [2.45, 2.75) is 18.9 Å². The summed E-state index contributed by atoms with van der Waals surface area (Å²) < 4.78 is 9.93. The standard InChI is InChI=1S/C7H10N2O3/c10-3-6-8-7(9-12-6)5-1-2-11-4-5/h5,10H,1-4H2. The van der Waals surface area contributed by atoms with Crippen molar-refractivity contribution in [3.8, 4) is 0 Å². The Bertz CT molecular complexity index is 255. The van der Waals surface area contributed by atoms with E-state index in [2.05, 4.69) is 10.1 Å². The topological polar surface area (TPSA) is 68.4 Å². The molecular formula is C7H10N2O3. The van der Waals surface area contributed by atoms with Crippen LogP contribution in [0.1, 0.15) is 24.1 Å². The van der Waals surface area contributed by atoms with Crippen molar-refractivity contribution in [2.75, 3.05) is 13.2 Å². The highest BCUT2D eigenvalue weighted by Gasteiger charge is 2.22. The summed E-state index contributed by atoms with van der Waals surface area (Å²) in [7, 11) is 0. The van der Waals surface area contributed by atoms with Gasteiger partial charge in [-0.15, -0.1) is 0 Å². The first kappa shape index (κ1) is 7.70. The molecule has 1 saturated heterocycles. The molecule has 0 spiro atoms. The van der Waals surface area contributed by atoms with Gasteiger partial charge in [-0.1, -0.05) is 5.16 Å². The van der Waals surface area contributed by atoms with Gasteiger partial charge in [0, 0.05) is 12.5 Å². The van der Waals surface area contributed by atoms with Crippen LogP contribution in [0.15, 0.2) is 4.52 Å². The molecule has 2 heterocycles. The van der Waals surface area contributed by atoms with E-state index in [0.29, 0.717) is 12.4 Å². The zero-order chi connectivity index (χ0) is 8.39. The van der Waals surface area contributed by atoms with Gasteiger partial charge in [0.1, 0.15) is 6.61 Å². The highest BCUT2D eigenvalue weighted by Crippen LogP contribution is 2.22. The van der Waals surface area contributed by atoms with Gasteiger partial charge in [0.05, 0.1) is 6.61 Å². The van der Waals surface area contributed by atoms with Crippen LogP contribution in [0.5, 0.6) is 0 Å². The first-order valence-corrected chi connectivity index (χ1v) is 3.91. The van der Waals surface area contributed by atoms with Gasteiger partial charge in [-0.05, 0) is 6.42 Å². The Hall–Kier alpha value is -0.940. The average molecular weight is 170 g/mol. The van der Waals surface area contributed by atoms with Gasteiger partial charge < -0.3 is 14.4 Å². The highest BCUT2D eigenvalue weighted by atomic mass is 16.5. The van der Waals surface area contributed by atoms with Gasteiger partial charge in [0.2, 0.25) is 0 Å². The van der Waals surface area contributed by atoms with Crippen LogP contribution in [0.2, 0.25) is 0 Å². The number of aliphatic hydroxyl groups excluding tert-OH is 1. The number of aliphatic hydroxyl groups is 1. The molecule has 0 aromatic carbocycles. The molecule has 12 heavy (non-hydrogen) atoms. The Labute approximate surface area is 69.3 Å². The third kappa shape index (κ3) is 1.33. The predicted octanol–water partition coefficient (Wildman–Crippen LogP) is 0.0658. The van der Waals surface area contributed by atoms with E-state index in [-0.39, 0.29) is 18.4 Å². The second-order valence-electron chi connectivity index (χ2n) is 2.76. The fraction of sp³-hybridized carbons (Fsp3) is 0.714. The van der Waals surface area contributed by atoms with Crippen molar-refractivity contribution in [2.24, 2.45) is 0 Å². The molecule has 2 rings (SSSR count). The molecule has 0 aliphatic carbocycles. The molecule has 0 saturated carbocycles. The summed E-state index contributed by atoms with van der Waals surface area (Å²) in [5, 5.41) is 12.4. The molecule has 66 valence electrons. The minimum Gasteiger partial charge on any atom is -0.387 e. The Kier molecular flexibility index (Phi) is 2.05. The molecule has 0 radical (unpaired) electrons. The minimum absolute atomic E-state index is 0.194.